The zero-order valence-electron chi connectivity index (χ0n) is 11.5. The van der Waals surface area contributed by atoms with Gasteiger partial charge in [0.15, 0.2) is 0 Å². The van der Waals surface area contributed by atoms with Crippen LogP contribution in [0, 0.1) is 5.92 Å². The standard InChI is InChI=1S/C14H25NO3/c1-3-11-6-4-5-7-12(11)15-9-14(2,10-15)18-8-13(16)17/h11-12H,3-10H2,1-2H3,(H,16,17). The smallest absolute Gasteiger partial charge is 0.329 e. The first-order valence-electron chi connectivity index (χ1n) is 7.14. The highest BCUT2D eigenvalue weighted by Gasteiger charge is 2.45. The van der Waals surface area contributed by atoms with Crippen LogP contribution in [0.4, 0.5) is 0 Å². The molecule has 0 aromatic carbocycles. The second-order valence-electron chi connectivity index (χ2n) is 6.06. The predicted molar refractivity (Wildman–Crippen MR) is 69.6 cm³/mol. The van der Waals surface area contributed by atoms with Crippen LogP contribution >= 0.6 is 0 Å². The number of aliphatic carboxylic acids is 1. The lowest BCUT2D eigenvalue weighted by Crippen LogP contribution is -2.66. The lowest BCUT2D eigenvalue weighted by Gasteiger charge is -2.53. The van der Waals surface area contributed by atoms with Crippen molar-refractivity contribution in [3.63, 3.8) is 0 Å². The third-order valence-corrected chi connectivity index (χ3v) is 4.48. The molecule has 1 aliphatic carbocycles. The Labute approximate surface area is 109 Å². The van der Waals surface area contributed by atoms with E-state index in [-0.39, 0.29) is 12.2 Å². The van der Waals surface area contributed by atoms with Crippen molar-refractivity contribution < 1.29 is 14.6 Å². The molecule has 1 saturated heterocycles. The highest BCUT2D eigenvalue weighted by atomic mass is 16.5. The molecule has 2 aliphatic rings. The predicted octanol–water partition coefficient (Wildman–Crippen LogP) is 2.13. The molecule has 0 aromatic heterocycles. The fraction of sp³-hybridized carbons (Fsp3) is 0.929. The molecule has 1 saturated carbocycles. The Balaban J connectivity index is 1.81. The summed E-state index contributed by atoms with van der Waals surface area (Å²) in [7, 11) is 0. The van der Waals surface area contributed by atoms with Gasteiger partial charge in [0.25, 0.3) is 0 Å². The molecule has 104 valence electrons. The summed E-state index contributed by atoms with van der Waals surface area (Å²) in [6.45, 7) is 5.91. The molecule has 0 bridgehead atoms. The minimum absolute atomic E-state index is 0.174. The summed E-state index contributed by atoms with van der Waals surface area (Å²) >= 11 is 0. The van der Waals surface area contributed by atoms with Gasteiger partial charge in [0.2, 0.25) is 0 Å². The lowest BCUT2D eigenvalue weighted by molar-refractivity contribution is -0.174. The fourth-order valence-electron chi connectivity index (χ4n) is 3.52. The van der Waals surface area contributed by atoms with Crippen LogP contribution in [0.15, 0.2) is 0 Å². The largest absolute Gasteiger partial charge is 0.480 e. The molecule has 4 heteroatoms. The maximum Gasteiger partial charge on any atom is 0.329 e. The van der Waals surface area contributed by atoms with Gasteiger partial charge in [0, 0.05) is 19.1 Å². The number of carboxylic acids is 1. The Morgan fingerprint density at radius 1 is 1.39 bits per heavy atom. The van der Waals surface area contributed by atoms with Gasteiger partial charge in [-0.25, -0.2) is 4.79 Å². The zero-order valence-corrected chi connectivity index (χ0v) is 11.5. The van der Waals surface area contributed by atoms with Gasteiger partial charge in [-0.3, -0.25) is 4.90 Å². The van der Waals surface area contributed by atoms with Crippen molar-refractivity contribution in [1.82, 2.24) is 4.90 Å². The molecule has 1 N–H and O–H groups in total. The molecule has 4 nitrogen and oxygen atoms in total. The van der Waals surface area contributed by atoms with E-state index < -0.39 is 5.97 Å². The van der Waals surface area contributed by atoms with Crippen LogP contribution in [0.1, 0.15) is 46.0 Å². The van der Waals surface area contributed by atoms with Crippen molar-refractivity contribution in [2.75, 3.05) is 19.7 Å². The van der Waals surface area contributed by atoms with Crippen LogP contribution in [0.25, 0.3) is 0 Å². The summed E-state index contributed by atoms with van der Waals surface area (Å²) in [4.78, 5) is 13.0. The minimum Gasteiger partial charge on any atom is -0.480 e. The van der Waals surface area contributed by atoms with Gasteiger partial charge in [0.05, 0.1) is 5.60 Å². The molecule has 2 rings (SSSR count). The van der Waals surface area contributed by atoms with Crippen molar-refractivity contribution in [1.29, 1.82) is 0 Å². The number of rotatable bonds is 5. The van der Waals surface area contributed by atoms with Crippen molar-refractivity contribution in [3.8, 4) is 0 Å². The van der Waals surface area contributed by atoms with Gasteiger partial charge in [0.1, 0.15) is 6.61 Å². The first kappa shape index (κ1) is 13.8. The summed E-state index contributed by atoms with van der Waals surface area (Å²) < 4.78 is 5.48. The third kappa shape index (κ3) is 3.04. The van der Waals surface area contributed by atoms with Crippen molar-refractivity contribution >= 4 is 5.97 Å². The molecule has 2 unspecified atom stereocenters. The maximum absolute atomic E-state index is 10.5. The Morgan fingerprint density at radius 2 is 2.06 bits per heavy atom. The van der Waals surface area contributed by atoms with E-state index in [0.717, 1.165) is 19.0 Å². The average Bonchev–Trinajstić information content (AvgIpc) is 2.33. The summed E-state index contributed by atoms with van der Waals surface area (Å²) in [5.41, 5.74) is -0.242. The number of ether oxygens (including phenoxy) is 1. The number of carboxylic acid groups (broad SMARTS) is 1. The van der Waals surface area contributed by atoms with Gasteiger partial charge >= 0.3 is 5.97 Å². The van der Waals surface area contributed by atoms with E-state index in [4.69, 9.17) is 9.84 Å². The van der Waals surface area contributed by atoms with E-state index in [9.17, 15) is 4.79 Å². The van der Waals surface area contributed by atoms with E-state index in [1.165, 1.54) is 32.1 Å². The van der Waals surface area contributed by atoms with Crippen LogP contribution in [0.2, 0.25) is 0 Å². The van der Waals surface area contributed by atoms with Gasteiger partial charge < -0.3 is 9.84 Å². The topological polar surface area (TPSA) is 49.8 Å². The van der Waals surface area contributed by atoms with E-state index >= 15 is 0 Å². The highest BCUT2D eigenvalue weighted by Crippen LogP contribution is 2.36. The Morgan fingerprint density at radius 3 is 2.67 bits per heavy atom. The summed E-state index contributed by atoms with van der Waals surface area (Å²) in [5.74, 6) is -0.0541. The van der Waals surface area contributed by atoms with Crippen molar-refractivity contribution in [2.24, 2.45) is 5.92 Å². The molecular weight excluding hydrogens is 230 g/mol. The number of nitrogens with zero attached hydrogens (tertiary/aromatic N) is 1. The molecule has 0 radical (unpaired) electrons. The number of likely N-dealkylation sites (tertiary alicyclic amines) is 1. The highest BCUT2D eigenvalue weighted by molar-refractivity contribution is 5.68. The minimum atomic E-state index is -0.876. The second-order valence-corrected chi connectivity index (χ2v) is 6.06. The van der Waals surface area contributed by atoms with E-state index in [0.29, 0.717) is 6.04 Å². The van der Waals surface area contributed by atoms with E-state index in [1.54, 1.807) is 0 Å². The summed E-state index contributed by atoms with van der Waals surface area (Å²) in [6, 6.07) is 0.699. The Kier molecular flexibility index (Phi) is 4.28. The van der Waals surface area contributed by atoms with Gasteiger partial charge in [-0.15, -0.1) is 0 Å². The number of hydrogen-bond donors (Lipinski definition) is 1. The fourth-order valence-corrected chi connectivity index (χ4v) is 3.52. The summed E-state index contributed by atoms with van der Waals surface area (Å²) in [6.07, 6.45) is 6.62. The summed E-state index contributed by atoms with van der Waals surface area (Å²) in [5, 5.41) is 8.65. The Hall–Kier alpha value is -0.610. The molecule has 1 aliphatic heterocycles. The van der Waals surface area contributed by atoms with Gasteiger partial charge in [-0.05, 0) is 25.7 Å². The van der Waals surface area contributed by atoms with Crippen LogP contribution in [-0.2, 0) is 9.53 Å². The molecule has 1 heterocycles. The number of carbonyl (C=O) groups is 1. The van der Waals surface area contributed by atoms with Crippen LogP contribution in [0.3, 0.4) is 0 Å². The first-order valence-corrected chi connectivity index (χ1v) is 7.14. The lowest BCUT2D eigenvalue weighted by atomic mass is 9.79. The van der Waals surface area contributed by atoms with Gasteiger partial charge in [-0.2, -0.15) is 0 Å². The first-order chi connectivity index (χ1) is 8.54. The third-order valence-electron chi connectivity index (χ3n) is 4.48. The molecule has 18 heavy (non-hydrogen) atoms. The molecule has 2 fully saturated rings. The zero-order chi connectivity index (χ0) is 13.2. The van der Waals surface area contributed by atoms with E-state index in [2.05, 4.69) is 11.8 Å². The van der Waals surface area contributed by atoms with Gasteiger partial charge in [-0.1, -0.05) is 26.2 Å². The average molecular weight is 255 g/mol. The quantitative estimate of drug-likeness (QED) is 0.817. The molecule has 0 amide bonds. The van der Waals surface area contributed by atoms with E-state index in [1.807, 2.05) is 6.92 Å². The molecule has 0 spiro atoms. The monoisotopic (exact) mass is 255 g/mol. The van der Waals surface area contributed by atoms with Crippen molar-refractivity contribution in [2.45, 2.75) is 57.6 Å². The Bertz CT molecular complexity index is 299. The normalized spacial score (nSPS) is 31.9. The van der Waals surface area contributed by atoms with Crippen LogP contribution in [-0.4, -0.2) is 47.3 Å². The molecule has 0 aromatic rings. The SMILES string of the molecule is CCC1CCCCC1N1CC(C)(OCC(=O)O)C1. The van der Waals surface area contributed by atoms with Crippen LogP contribution < -0.4 is 0 Å². The van der Waals surface area contributed by atoms with Crippen molar-refractivity contribution in [3.05, 3.63) is 0 Å². The second kappa shape index (κ2) is 5.57. The van der Waals surface area contributed by atoms with Crippen LogP contribution in [0.5, 0.6) is 0 Å². The molecule has 2 atom stereocenters. The number of hydrogen-bond acceptors (Lipinski definition) is 3. The molecular formula is C14H25NO3. The maximum atomic E-state index is 10.5.